The first-order valence-electron chi connectivity index (χ1n) is 32.8. The van der Waals surface area contributed by atoms with E-state index in [1.807, 2.05) is 30.3 Å². The van der Waals surface area contributed by atoms with Crippen LogP contribution in [0.3, 0.4) is 0 Å². The van der Waals surface area contributed by atoms with Crippen molar-refractivity contribution in [3.05, 3.63) is 111 Å². The van der Waals surface area contributed by atoms with Crippen molar-refractivity contribution in [2.75, 3.05) is 81.3 Å². The van der Waals surface area contributed by atoms with Crippen LogP contribution in [-0.2, 0) is 0 Å². The van der Waals surface area contributed by atoms with E-state index in [4.69, 9.17) is 62.8 Å². The lowest BCUT2D eigenvalue weighted by Gasteiger charge is -2.42. The summed E-state index contributed by atoms with van der Waals surface area (Å²) in [6.07, 6.45) is 47.3. The molecular weight excluding hydrogens is 1120 g/mol. The Morgan fingerprint density at radius 1 is 0.371 bits per heavy atom. The van der Waals surface area contributed by atoms with Crippen molar-refractivity contribution in [1.82, 2.24) is 39.7 Å². The lowest BCUT2D eigenvalue weighted by Crippen LogP contribution is -2.39. The van der Waals surface area contributed by atoms with Gasteiger partial charge in [-0.15, -0.1) is 0 Å². The fourth-order valence-corrected chi connectivity index (χ4v) is 13.7. The van der Waals surface area contributed by atoms with Crippen LogP contribution in [0.5, 0.6) is 34.5 Å². The summed E-state index contributed by atoms with van der Waals surface area (Å²) < 4.78 is 35.2. The molecule has 0 aromatic carbocycles. The summed E-state index contributed by atoms with van der Waals surface area (Å²) >= 11 is 0. The molecule has 0 amide bonds. The first-order valence-corrected chi connectivity index (χ1v) is 32.8. The lowest BCUT2D eigenvalue weighted by molar-refractivity contribution is 0.0204. The van der Waals surface area contributed by atoms with Crippen molar-refractivity contribution >= 4 is 34.1 Å². The molecule has 9 saturated carbocycles. The number of nitrogen functional groups attached to an aromatic ring is 6. The van der Waals surface area contributed by atoms with Gasteiger partial charge in [-0.2, -0.15) is 0 Å². The second-order valence-electron chi connectivity index (χ2n) is 25.6. The number of hydrogen-bond acceptors (Lipinski definition) is 20. The van der Waals surface area contributed by atoms with Crippen molar-refractivity contribution in [1.29, 1.82) is 0 Å². The minimum absolute atomic E-state index is 0.268. The number of piperidine rings is 1. The van der Waals surface area contributed by atoms with Gasteiger partial charge in [0, 0.05) is 99.8 Å². The summed E-state index contributed by atoms with van der Waals surface area (Å²) in [7, 11) is 4.23. The molecular formula is C69H100N14O6. The molecule has 11 aliphatic rings. The van der Waals surface area contributed by atoms with Crippen LogP contribution >= 0.6 is 0 Å². The van der Waals surface area contributed by atoms with Crippen LogP contribution in [0, 0.1) is 35.5 Å². The maximum Gasteiger partial charge on any atom is 0.145 e. The van der Waals surface area contributed by atoms with Crippen LogP contribution in [0.15, 0.2) is 111 Å². The number of likely N-dealkylation sites (N-methyl/N-ethyl adjacent to an activating group) is 1. The molecule has 6 bridgehead atoms. The van der Waals surface area contributed by atoms with Gasteiger partial charge in [0.05, 0.1) is 77.9 Å². The number of aromatic nitrogens is 6. The van der Waals surface area contributed by atoms with E-state index in [0.717, 1.165) is 135 Å². The van der Waals surface area contributed by atoms with Gasteiger partial charge in [0.2, 0.25) is 0 Å². The Morgan fingerprint density at radius 3 is 0.944 bits per heavy atom. The Bertz CT molecular complexity index is 2850. The monoisotopic (exact) mass is 1220 g/mol. The fraction of sp³-hybridized carbons (Fsp3) is 0.565. The summed E-state index contributed by atoms with van der Waals surface area (Å²) in [6, 6.07) is 11.0. The Hall–Kier alpha value is -7.58. The van der Waals surface area contributed by atoms with Gasteiger partial charge in [0.15, 0.2) is 0 Å². The number of rotatable bonds is 14. The van der Waals surface area contributed by atoms with Crippen LogP contribution < -0.4 is 62.8 Å². The normalized spacial score (nSPS) is 25.7. The van der Waals surface area contributed by atoms with Crippen molar-refractivity contribution in [3.8, 4) is 34.5 Å². The summed E-state index contributed by atoms with van der Waals surface area (Å²) in [5.41, 5.74) is 38.5. The Labute approximate surface area is 527 Å². The zero-order valence-corrected chi connectivity index (χ0v) is 52.9. The van der Waals surface area contributed by atoms with E-state index in [2.05, 4.69) is 60.7 Å². The molecule has 6 aromatic rings. The molecule has 8 heterocycles. The van der Waals surface area contributed by atoms with E-state index in [1.165, 1.54) is 96.3 Å². The van der Waals surface area contributed by atoms with Gasteiger partial charge < -0.3 is 72.6 Å². The minimum Gasteiger partial charge on any atom is -0.491 e. The van der Waals surface area contributed by atoms with Crippen LogP contribution in [0.25, 0.3) is 0 Å². The van der Waals surface area contributed by atoms with Crippen LogP contribution in [0.4, 0.5) is 34.1 Å². The largest absolute Gasteiger partial charge is 0.491 e. The molecule has 0 radical (unpaired) electrons. The number of unbranched alkanes of at least 4 members (excludes halogenated alkanes) is 1. The highest BCUT2D eigenvalue weighted by Crippen LogP contribution is 2.46. The molecule has 20 heteroatoms. The number of likely N-dealkylation sites (tertiary alicyclic amines) is 2. The molecule has 1 unspecified atom stereocenters. The first-order chi connectivity index (χ1) is 43.3. The Balaban J connectivity index is 0.000000127. The predicted molar refractivity (Wildman–Crippen MR) is 353 cm³/mol. The van der Waals surface area contributed by atoms with E-state index in [1.54, 1.807) is 80.4 Å². The number of pyridine rings is 6. The average molecular weight is 1220 g/mol. The second kappa shape index (κ2) is 33.8. The average Bonchev–Trinajstić information content (AvgIpc) is 3.16. The zero-order valence-electron chi connectivity index (χ0n) is 52.9. The number of fused-ring (bicyclic) bond motifs is 9. The molecule has 12 N–H and O–H groups in total. The summed E-state index contributed by atoms with van der Waals surface area (Å²) in [6.45, 7) is 7.10. The molecule has 2 aliphatic heterocycles. The van der Waals surface area contributed by atoms with Gasteiger partial charge in [0.25, 0.3) is 0 Å². The molecule has 11 fully saturated rings. The third kappa shape index (κ3) is 20.2. The van der Waals surface area contributed by atoms with E-state index < -0.39 is 0 Å². The van der Waals surface area contributed by atoms with Gasteiger partial charge >= 0.3 is 0 Å². The number of ether oxygens (including phenoxy) is 6. The molecule has 4 atom stereocenters. The van der Waals surface area contributed by atoms with Gasteiger partial charge in [0.1, 0.15) is 65.0 Å². The number of nitrogens with two attached hydrogens (primary N) is 6. The summed E-state index contributed by atoms with van der Waals surface area (Å²) in [4.78, 5) is 28.2. The Morgan fingerprint density at radius 2 is 0.663 bits per heavy atom. The molecule has 89 heavy (non-hydrogen) atoms. The summed E-state index contributed by atoms with van der Waals surface area (Å²) in [5, 5.41) is 0. The maximum atomic E-state index is 6.06. The standard InChI is InChI=1S/3C13H18N2O.C11H17N3O.C10H15N3O.C9H14N2O/c3*14-11-8-15-6-5-12(11)16-13-7-9-1-3-10(13)4-2-9;1-14-6-3-9(4-7-14)15-11-2-5-13-8-10(11)12;1-13-5-3-8(7-13)14-10-2-4-12-6-9(10)11;1-2-3-6-12-9-4-5-11-7-8(9)10/h3*5-6,8-10,13H,1-4,7,14H2;2,5,8-9H,3-4,6-7,12H2,1H3;2,4,6,8H,3,5,7,11H2,1H3;4-5,7H,2-3,6,10H2,1H3/t2*9?,10?,13-;;;8-;/m10..1./s1. The van der Waals surface area contributed by atoms with Crippen LogP contribution in [0.2, 0.25) is 0 Å². The topological polar surface area (TPSA) is 295 Å². The highest BCUT2D eigenvalue weighted by atomic mass is 16.5. The lowest BCUT2D eigenvalue weighted by atomic mass is 9.69. The second-order valence-corrected chi connectivity index (χ2v) is 25.6. The van der Waals surface area contributed by atoms with Crippen molar-refractivity contribution in [3.63, 3.8) is 0 Å². The number of hydrogen-bond donors (Lipinski definition) is 6. The van der Waals surface area contributed by atoms with Crippen molar-refractivity contribution < 1.29 is 28.4 Å². The molecule has 20 nitrogen and oxygen atoms in total. The Kier molecular flexibility index (Phi) is 25.0. The van der Waals surface area contributed by atoms with Crippen LogP contribution in [0.1, 0.15) is 135 Å². The van der Waals surface area contributed by atoms with Crippen LogP contribution in [-0.4, -0.2) is 117 Å². The van der Waals surface area contributed by atoms with Gasteiger partial charge in [-0.05, 0) is 172 Å². The first kappa shape index (κ1) is 65.9. The van der Waals surface area contributed by atoms with Gasteiger partial charge in [-0.3, -0.25) is 29.9 Å². The van der Waals surface area contributed by atoms with Crippen molar-refractivity contribution in [2.24, 2.45) is 35.5 Å². The quantitative estimate of drug-likeness (QED) is 0.0552. The molecule has 17 rings (SSSR count). The minimum atomic E-state index is 0.268. The highest BCUT2D eigenvalue weighted by molar-refractivity contribution is 5.53. The van der Waals surface area contributed by atoms with E-state index in [-0.39, 0.29) is 6.10 Å². The van der Waals surface area contributed by atoms with E-state index in [0.29, 0.717) is 58.5 Å². The third-order valence-corrected chi connectivity index (χ3v) is 19.0. The van der Waals surface area contributed by atoms with Gasteiger partial charge in [-0.1, -0.05) is 13.3 Å². The molecule has 2 saturated heterocycles. The number of anilines is 6. The molecule has 6 aromatic heterocycles. The molecule has 0 spiro atoms. The van der Waals surface area contributed by atoms with Crippen molar-refractivity contribution in [2.45, 2.75) is 166 Å². The zero-order chi connectivity index (χ0) is 62.3. The maximum absolute atomic E-state index is 6.06. The van der Waals surface area contributed by atoms with Gasteiger partial charge in [-0.25, -0.2) is 0 Å². The van der Waals surface area contributed by atoms with E-state index in [9.17, 15) is 0 Å². The third-order valence-electron chi connectivity index (χ3n) is 19.0. The predicted octanol–water partition coefficient (Wildman–Crippen LogP) is 11.6. The molecule has 9 aliphatic carbocycles. The SMILES string of the molecule is CCCCOc1ccncc1N.CN1CCC(Oc2ccncc2N)CC1.CN1CC[C@@H](Oc2ccncc2N)C1.Nc1cnccc1OC1CC2CCC1CC2.Nc1cnccc1O[C@@H]1CC2CCC1CC2.Nc1cnccc1O[C@H]1CC2CCC1CC2. The highest BCUT2D eigenvalue weighted by Gasteiger charge is 2.39. The smallest absolute Gasteiger partial charge is 0.145 e. The molecule has 482 valence electrons. The van der Waals surface area contributed by atoms with E-state index >= 15 is 0 Å². The fourth-order valence-electron chi connectivity index (χ4n) is 13.7. The summed E-state index contributed by atoms with van der Waals surface area (Å²) in [5.74, 6) is 9.59. The number of nitrogens with zero attached hydrogens (tertiary/aromatic N) is 8.